The van der Waals surface area contributed by atoms with E-state index >= 15 is 0 Å². The quantitative estimate of drug-likeness (QED) is 0.756. The molecule has 0 aromatic heterocycles. The van der Waals surface area contributed by atoms with Crippen LogP contribution in [0.3, 0.4) is 0 Å². The molecule has 0 atom stereocenters. The summed E-state index contributed by atoms with van der Waals surface area (Å²) in [5, 5.41) is 8.31. The topological polar surface area (TPSA) is 66.4 Å². The maximum Gasteiger partial charge on any atom is 0.181 e. The van der Waals surface area contributed by atoms with Crippen LogP contribution in [-0.4, -0.2) is 18.9 Å². The molecule has 1 aliphatic rings. The molecule has 1 fully saturated rings. The number of sulfone groups is 1. The summed E-state index contributed by atoms with van der Waals surface area (Å²) in [6.07, 6.45) is 1.56. The maximum atomic E-state index is 11.8. The average molecular weight is 227 g/mol. The van der Waals surface area contributed by atoms with Gasteiger partial charge in [-0.2, -0.15) is 0 Å². The second-order valence-corrected chi connectivity index (χ2v) is 5.95. The molecule has 0 radical (unpaired) electrons. The molecule has 1 aromatic carbocycles. The molecule has 1 aromatic rings. The molecule has 0 unspecified atom stereocenters. The van der Waals surface area contributed by atoms with Gasteiger partial charge in [0, 0.05) is 6.54 Å². The van der Waals surface area contributed by atoms with Gasteiger partial charge in [0.25, 0.3) is 0 Å². The van der Waals surface area contributed by atoms with Crippen LogP contribution >= 0.6 is 0 Å². The molecule has 0 bridgehead atoms. The highest BCUT2D eigenvalue weighted by atomic mass is 32.2. The fourth-order valence-electron chi connectivity index (χ4n) is 1.46. The highest BCUT2D eigenvalue weighted by Gasteiger charge is 2.36. The van der Waals surface area contributed by atoms with Crippen molar-refractivity contribution in [3.8, 4) is 0 Å². The zero-order valence-electron chi connectivity index (χ0n) is 8.18. The van der Waals surface area contributed by atoms with Gasteiger partial charge in [-0.25, -0.2) is 13.9 Å². The molecule has 4 nitrogen and oxygen atoms in total. The van der Waals surface area contributed by atoms with Gasteiger partial charge in [-0.3, -0.25) is 0 Å². The Morgan fingerprint density at radius 3 is 2.33 bits per heavy atom. The van der Waals surface area contributed by atoms with E-state index in [0.717, 1.165) is 18.4 Å². The first kappa shape index (κ1) is 10.6. The molecule has 82 valence electrons. The van der Waals surface area contributed by atoms with E-state index in [2.05, 4.69) is 0 Å². The van der Waals surface area contributed by atoms with Crippen LogP contribution in [0.2, 0.25) is 0 Å². The minimum Gasteiger partial charge on any atom is -0.316 e. The number of hydroxylamine groups is 1. The molecule has 15 heavy (non-hydrogen) atoms. The molecule has 0 amide bonds. The third kappa shape index (κ3) is 2.19. The fourth-order valence-corrected chi connectivity index (χ4v) is 3.12. The Balaban J connectivity index is 2.23. The largest absolute Gasteiger partial charge is 0.316 e. The average Bonchev–Trinajstić information content (AvgIpc) is 3.02. The van der Waals surface area contributed by atoms with Crippen molar-refractivity contribution in [1.29, 1.82) is 0 Å². The molecule has 2 N–H and O–H groups in total. The first-order chi connectivity index (χ1) is 7.14. The smallest absolute Gasteiger partial charge is 0.181 e. The highest BCUT2D eigenvalue weighted by molar-refractivity contribution is 7.92. The van der Waals surface area contributed by atoms with E-state index in [9.17, 15) is 8.42 Å². The lowest BCUT2D eigenvalue weighted by molar-refractivity contribution is 0.161. The predicted molar refractivity (Wildman–Crippen MR) is 55.3 cm³/mol. The first-order valence-electron chi connectivity index (χ1n) is 4.84. The van der Waals surface area contributed by atoms with Gasteiger partial charge in [0.1, 0.15) is 0 Å². The summed E-state index contributed by atoms with van der Waals surface area (Å²) in [7, 11) is -3.08. The van der Waals surface area contributed by atoms with Crippen molar-refractivity contribution in [2.24, 2.45) is 0 Å². The summed E-state index contributed by atoms with van der Waals surface area (Å²) in [5.74, 6) is 0. The molecule has 0 heterocycles. The second-order valence-electron chi connectivity index (χ2n) is 3.72. The number of nitrogens with one attached hydrogen (secondary N) is 1. The maximum absolute atomic E-state index is 11.8. The van der Waals surface area contributed by atoms with Crippen molar-refractivity contribution in [3.63, 3.8) is 0 Å². The SMILES string of the molecule is O=S(=O)(c1ccc(CNO)cc1)C1CC1. The van der Waals surface area contributed by atoms with Crippen LogP contribution in [0, 0.1) is 0 Å². The standard InChI is InChI=1S/C10H13NO3S/c12-11-7-8-1-3-9(4-2-8)15(13,14)10-5-6-10/h1-4,10-12H,5-7H2. The molecule has 1 aliphatic carbocycles. The molecular weight excluding hydrogens is 214 g/mol. The summed E-state index contributed by atoms with van der Waals surface area (Å²) in [4.78, 5) is 0.381. The van der Waals surface area contributed by atoms with Crippen LogP contribution in [0.1, 0.15) is 18.4 Å². The second kappa shape index (κ2) is 3.92. The van der Waals surface area contributed by atoms with Crippen molar-refractivity contribution in [1.82, 2.24) is 5.48 Å². The van der Waals surface area contributed by atoms with Gasteiger partial charge < -0.3 is 5.21 Å². The molecule has 0 aliphatic heterocycles. The lowest BCUT2D eigenvalue weighted by Crippen LogP contribution is -2.08. The summed E-state index contributed by atoms with van der Waals surface area (Å²) in [6, 6.07) is 6.61. The molecule has 1 saturated carbocycles. The van der Waals surface area contributed by atoms with E-state index in [4.69, 9.17) is 5.21 Å². The van der Waals surface area contributed by atoms with E-state index in [1.165, 1.54) is 0 Å². The predicted octanol–water partition coefficient (Wildman–Crippen LogP) is 1.10. The van der Waals surface area contributed by atoms with Gasteiger partial charge in [-0.05, 0) is 30.5 Å². The molecule has 5 heteroatoms. The zero-order valence-corrected chi connectivity index (χ0v) is 9.00. The minimum atomic E-state index is -3.08. The van der Waals surface area contributed by atoms with E-state index in [0.29, 0.717) is 11.4 Å². The van der Waals surface area contributed by atoms with Crippen molar-refractivity contribution >= 4 is 9.84 Å². The van der Waals surface area contributed by atoms with Gasteiger partial charge in [0.05, 0.1) is 10.1 Å². The van der Waals surface area contributed by atoms with E-state index in [-0.39, 0.29) is 5.25 Å². The highest BCUT2D eigenvalue weighted by Crippen LogP contribution is 2.33. The first-order valence-corrected chi connectivity index (χ1v) is 6.39. The van der Waals surface area contributed by atoms with Crippen molar-refractivity contribution in [2.75, 3.05) is 0 Å². The Morgan fingerprint density at radius 2 is 1.87 bits per heavy atom. The minimum absolute atomic E-state index is 0.167. The van der Waals surface area contributed by atoms with Crippen LogP contribution in [0.5, 0.6) is 0 Å². The van der Waals surface area contributed by atoms with Crippen LogP contribution in [0.4, 0.5) is 0 Å². The van der Waals surface area contributed by atoms with Crippen LogP contribution < -0.4 is 5.48 Å². The monoisotopic (exact) mass is 227 g/mol. The van der Waals surface area contributed by atoms with E-state index < -0.39 is 9.84 Å². The van der Waals surface area contributed by atoms with Crippen molar-refractivity contribution in [2.45, 2.75) is 29.5 Å². The van der Waals surface area contributed by atoms with Crippen LogP contribution in [0.25, 0.3) is 0 Å². The number of rotatable bonds is 4. The van der Waals surface area contributed by atoms with E-state index in [1.54, 1.807) is 24.3 Å². The molecule has 0 saturated heterocycles. The third-order valence-corrected chi connectivity index (χ3v) is 4.78. The molecular formula is C10H13NO3S. The lowest BCUT2D eigenvalue weighted by atomic mass is 10.2. The molecule has 0 spiro atoms. The molecule has 2 rings (SSSR count). The van der Waals surface area contributed by atoms with E-state index in [1.807, 2.05) is 5.48 Å². The Hall–Kier alpha value is -0.910. The Kier molecular flexibility index (Phi) is 2.77. The summed E-state index contributed by atoms with van der Waals surface area (Å²) in [5.41, 5.74) is 2.88. The van der Waals surface area contributed by atoms with Crippen molar-refractivity contribution < 1.29 is 13.6 Å². The summed E-state index contributed by atoms with van der Waals surface area (Å²) >= 11 is 0. The lowest BCUT2D eigenvalue weighted by Gasteiger charge is -2.03. The van der Waals surface area contributed by atoms with Gasteiger partial charge in [0.2, 0.25) is 0 Å². The van der Waals surface area contributed by atoms with Gasteiger partial charge >= 0.3 is 0 Å². The van der Waals surface area contributed by atoms with Gasteiger partial charge in [0.15, 0.2) is 9.84 Å². The fraction of sp³-hybridized carbons (Fsp3) is 0.400. The Bertz CT molecular complexity index is 434. The Labute approximate surface area is 88.8 Å². The summed E-state index contributed by atoms with van der Waals surface area (Å²) < 4.78 is 23.6. The normalized spacial score (nSPS) is 16.6. The number of hydrogen-bond donors (Lipinski definition) is 2. The van der Waals surface area contributed by atoms with Gasteiger partial charge in [-0.1, -0.05) is 12.1 Å². The number of hydrogen-bond acceptors (Lipinski definition) is 4. The van der Waals surface area contributed by atoms with Crippen LogP contribution in [-0.2, 0) is 16.4 Å². The Morgan fingerprint density at radius 1 is 1.27 bits per heavy atom. The number of benzene rings is 1. The van der Waals surface area contributed by atoms with Crippen LogP contribution in [0.15, 0.2) is 29.2 Å². The zero-order chi connectivity index (χ0) is 10.9. The van der Waals surface area contributed by atoms with Crippen molar-refractivity contribution in [3.05, 3.63) is 29.8 Å². The third-order valence-electron chi connectivity index (χ3n) is 2.50. The van der Waals surface area contributed by atoms with Gasteiger partial charge in [-0.15, -0.1) is 0 Å². The summed E-state index contributed by atoms with van der Waals surface area (Å²) in [6.45, 7) is 0.323.